The molecule has 0 bridgehead atoms. The van der Waals surface area contributed by atoms with E-state index >= 15 is 0 Å². The van der Waals surface area contributed by atoms with Crippen LogP contribution in [0.2, 0.25) is 0 Å². The number of thioether (sulfide) groups is 1. The van der Waals surface area contributed by atoms with Crippen molar-refractivity contribution >= 4 is 29.3 Å². The topological polar surface area (TPSA) is 91.2 Å². The summed E-state index contributed by atoms with van der Waals surface area (Å²) in [5, 5.41) is 14.4. The average molecular weight is 383 g/mol. The lowest BCUT2D eigenvalue weighted by Gasteiger charge is -2.18. The Bertz CT molecular complexity index is 806. The molecule has 2 N–H and O–H groups in total. The highest BCUT2D eigenvalue weighted by molar-refractivity contribution is 7.98. The zero-order valence-electron chi connectivity index (χ0n) is 15.0. The van der Waals surface area contributed by atoms with Crippen LogP contribution in [-0.4, -0.2) is 36.5 Å². The number of carbonyl (C=O) groups excluding carboxylic acids is 2. The molecule has 6 nitrogen and oxygen atoms in total. The van der Waals surface area contributed by atoms with Crippen LogP contribution in [0.5, 0.6) is 5.75 Å². The second-order valence-corrected chi connectivity index (χ2v) is 6.67. The van der Waals surface area contributed by atoms with Crippen molar-refractivity contribution in [3.8, 4) is 11.8 Å². The summed E-state index contributed by atoms with van der Waals surface area (Å²) in [5.41, 5.74) is 0.969. The van der Waals surface area contributed by atoms with Crippen LogP contribution in [0.1, 0.15) is 12.0 Å². The number of para-hydroxylation sites is 1. The van der Waals surface area contributed by atoms with Crippen LogP contribution in [-0.2, 0) is 9.59 Å². The number of ether oxygens (including phenoxy) is 1. The summed E-state index contributed by atoms with van der Waals surface area (Å²) in [7, 11) is 0. The van der Waals surface area contributed by atoms with E-state index in [0.29, 0.717) is 23.4 Å². The van der Waals surface area contributed by atoms with Gasteiger partial charge in [-0.2, -0.15) is 17.0 Å². The van der Waals surface area contributed by atoms with Gasteiger partial charge in [-0.25, -0.2) is 0 Å². The number of anilines is 1. The highest BCUT2D eigenvalue weighted by atomic mass is 32.2. The Morgan fingerprint density at radius 3 is 2.67 bits per heavy atom. The summed E-state index contributed by atoms with van der Waals surface area (Å²) in [5.74, 6) is 0.611. The van der Waals surface area contributed by atoms with Gasteiger partial charge in [0.2, 0.25) is 5.91 Å². The fourth-order valence-corrected chi connectivity index (χ4v) is 2.77. The van der Waals surface area contributed by atoms with Crippen molar-refractivity contribution in [2.45, 2.75) is 12.5 Å². The van der Waals surface area contributed by atoms with Gasteiger partial charge in [-0.15, -0.1) is 0 Å². The molecular formula is C20H21N3O3S. The Balaban J connectivity index is 1.95. The van der Waals surface area contributed by atoms with Crippen molar-refractivity contribution in [3.63, 3.8) is 0 Å². The van der Waals surface area contributed by atoms with Crippen LogP contribution in [0.3, 0.4) is 0 Å². The van der Waals surface area contributed by atoms with Crippen LogP contribution in [0.4, 0.5) is 5.69 Å². The number of amides is 2. The van der Waals surface area contributed by atoms with Gasteiger partial charge in [0.15, 0.2) is 6.61 Å². The van der Waals surface area contributed by atoms with Gasteiger partial charge in [-0.05, 0) is 48.8 Å². The summed E-state index contributed by atoms with van der Waals surface area (Å²) in [6, 6.07) is 17.0. The molecule has 0 unspecified atom stereocenters. The first-order valence-electron chi connectivity index (χ1n) is 8.39. The molecule has 27 heavy (non-hydrogen) atoms. The Morgan fingerprint density at radius 2 is 1.96 bits per heavy atom. The van der Waals surface area contributed by atoms with Crippen LogP contribution in [0.25, 0.3) is 0 Å². The molecule has 0 fully saturated rings. The lowest BCUT2D eigenvalue weighted by atomic mass is 10.1. The van der Waals surface area contributed by atoms with E-state index < -0.39 is 6.04 Å². The quantitative estimate of drug-likeness (QED) is 0.695. The van der Waals surface area contributed by atoms with Crippen LogP contribution in [0.15, 0.2) is 54.6 Å². The minimum atomic E-state index is -0.685. The lowest BCUT2D eigenvalue weighted by Crippen LogP contribution is -2.45. The number of hydrogen-bond acceptors (Lipinski definition) is 5. The first-order valence-corrected chi connectivity index (χ1v) is 9.79. The first kappa shape index (κ1) is 20.3. The molecule has 0 heterocycles. The summed E-state index contributed by atoms with van der Waals surface area (Å²) in [6.07, 6.45) is 2.42. The molecule has 2 aromatic carbocycles. The smallest absolute Gasteiger partial charge is 0.258 e. The second-order valence-electron chi connectivity index (χ2n) is 5.69. The third-order valence-corrected chi connectivity index (χ3v) is 4.28. The molecular weight excluding hydrogens is 362 g/mol. The van der Waals surface area contributed by atoms with E-state index in [1.807, 2.05) is 30.5 Å². The molecule has 0 aliphatic heterocycles. The molecule has 2 rings (SSSR count). The highest BCUT2D eigenvalue weighted by Crippen LogP contribution is 2.12. The molecule has 140 valence electrons. The third-order valence-electron chi connectivity index (χ3n) is 3.63. The minimum Gasteiger partial charge on any atom is -0.484 e. The predicted molar refractivity (Wildman–Crippen MR) is 107 cm³/mol. The number of benzene rings is 2. The van der Waals surface area contributed by atoms with Gasteiger partial charge in [0.1, 0.15) is 11.8 Å². The normalized spacial score (nSPS) is 11.1. The summed E-state index contributed by atoms with van der Waals surface area (Å²) in [4.78, 5) is 24.8. The fourth-order valence-electron chi connectivity index (χ4n) is 2.30. The molecule has 0 radical (unpaired) electrons. The zero-order chi connectivity index (χ0) is 19.5. The predicted octanol–water partition coefficient (Wildman–Crippen LogP) is 2.81. The van der Waals surface area contributed by atoms with E-state index in [-0.39, 0.29) is 18.4 Å². The van der Waals surface area contributed by atoms with Gasteiger partial charge in [0.25, 0.3) is 5.91 Å². The maximum atomic E-state index is 12.6. The van der Waals surface area contributed by atoms with Crippen molar-refractivity contribution < 1.29 is 14.3 Å². The molecule has 0 spiro atoms. The molecule has 0 aromatic heterocycles. The number of nitrogens with zero attached hydrogens (tertiary/aromatic N) is 1. The van der Waals surface area contributed by atoms with E-state index in [1.165, 1.54) is 0 Å². The van der Waals surface area contributed by atoms with Crippen molar-refractivity contribution in [1.29, 1.82) is 5.26 Å². The van der Waals surface area contributed by atoms with E-state index in [0.717, 1.165) is 5.75 Å². The SMILES string of the molecule is CSCC[C@@H](NC(=O)COc1ccccc1)C(=O)Nc1cccc(C#N)c1. The summed E-state index contributed by atoms with van der Waals surface area (Å²) < 4.78 is 5.42. The number of nitrogens with one attached hydrogen (secondary N) is 2. The fraction of sp³-hybridized carbons (Fsp3) is 0.250. The summed E-state index contributed by atoms with van der Waals surface area (Å²) in [6.45, 7) is -0.170. The Hall–Kier alpha value is -2.98. The Labute approximate surface area is 162 Å². The standard InChI is InChI=1S/C20H21N3O3S/c1-27-11-10-18(20(25)22-16-7-5-6-15(12-16)13-21)23-19(24)14-26-17-8-3-2-4-9-17/h2-9,12,18H,10-11,14H2,1H3,(H,22,25)(H,23,24)/t18-/m1/s1. The largest absolute Gasteiger partial charge is 0.484 e. The van der Waals surface area contributed by atoms with Crippen LogP contribution >= 0.6 is 11.8 Å². The van der Waals surface area contributed by atoms with Crippen molar-refractivity contribution in [2.24, 2.45) is 0 Å². The van der Waals surface area contributed by atoms with Gasteiger partial charge >= 0.3 is 0 Å². The van der Waals surface area contributed by atoms with Crippen molar-refractivity contribution in [3.05, 3.63) is 60.2 Å². The second kappa shape index (κ2) is 10.9. The van der Waals surface area contributed by atoms with E-state index in [4.69, 9.17) is 10.00 Å². The van der Waals surface area contributed by atoms with Gasteiger partial charge in [-0.3, -0.25) is 9.59 Å². The first-order chi connectivity index (χ1) is 13.1. The minimum absolute atomic E-state index is 0.170. The number of carbonyl (C=O) groups is 2. The molecule has 0 aliphatic rings. The molecule has 7 heteroatoms. The van der Waals surface area contributed by atoms with Crippen molar-refractivity contribution in [1.82, 2.24) is 5.32 Å². The molecule has 0 aliphatic carbocycles. The highest BCUT2D eigenvalue weighted by Gasteiger charge is 2.21. The molecule has 0 saturated carbocycles. The van der Waals surface area contributed by atoms with E-state index in [2.05, 4.69) is 10.6 Å². The monoisotopic (exact) mass is 383 g/mol. The van der Waals surface area contributed by atoms with Gasteiger partial charge < -0.3 is 15.4 Å². The van der Waals surface area contributed by atoms with E-state index in [1.54, 1.807) is 48.2 Å². The van der Waals surface area contributed by atoms with Gasteiger partial charge in [0, 0.05) is 5.69 Å². The zero-order valence-corrected chi connectivity index (χ0v) is 15.8. The summed E-state index contributed by atoms with van der Waals surface area (Å²) >= 11 is 1.59. The van der Waals surface area contributed by atoms with Gasteiger partial charge in [0.05, 0.1) is 11.6 Å². The molecule has 1 atom stereocenters. The van der Waals surface area contributed by atoms with Crippen molar-refractivity contribution in [2.75, 3.05) is 23.9 Å². The molecule has 2 amide bonds. The molecule has 2 aromatic rings. The average Bonchev–Trinajstić information content (AvgIpc) is 2.70. The lowest BCUT2D eigenvalue weighted by molar-refractivity contribution is -0.127. The van der Waals surface area contributed by atoms with Gasteiger partial charge in [-0.1, -0.05) is 24.3 Å². The third kappa shape index (κ3) is 7.04. The number of rotatable bonds is 9. The molecule has 0 saturated heterocycles. The Morgan fingerprint density at radius 1 is 1.19 bits per heavy atom. The maximum absolute atomic E-state index is 12.6. The Kier molecular flexibility index (Phi) is 8.20. The van der Waals surface area contributed by atoms with Crippen LogP contribution in [0, 0.1) is 11.3 Å². The number of nitriles is 1. The number of hydrogen-bond donors (Lipinski definition) is 2. The maximum Gasteiger partial charge on any atom is 0.258 e. The van der Waals surface area contributed by atoms with E-state index in [9.17, 15) is 9.59 Å². The van der Waals surface area contributed by atoms with Crippen LogP contribution < -0.4 is 15.4 Å².